The molecule has 1 saturated heterocycles. The van der Waals surface area contributed by atoms with E-state index in [0.717, 1.165) is 0 Å². The molecule has 21 heavy (non-hydrogen) atoms. The van der Waals surface area contributed by atoms with Crippen molar-refractivity contribution in [2.45, 2.75) is 49.0 Å². The summed E-state index contributed by atoms with van der Waals surface area (Å²) in [6.07, 6.45) is -13.0. The molecule has 0 aliphatic carbocycles. The lowest BCUT2D eigenvalue weighted by atomic mass is 9.99. The average molecular weight is 312 g/mol. The van der Waals surface area contributed by atoms with Gasteiger partial charge in [-0.1, -0.05) is 0 Å². The highest BCUT2D eigenvalue weighted by Gasteiger charge is 2.46. The summed E-state index contributed by atoms with van der Waals surface area (Å²) in [6.45, 7) is -1.53. The minimum atomic E-state index is -1.82. The number of aliphatic hydroxyl groups is 7. The van der Waals surface area contributed by atoms with Gasteiger partial charge in [0.2, 0.25) is 0 Å². The average Bonchev–Trinajstić information content (AvgIpc) is 2.50. The normalized spacial score (nSPS) is 37.8. The van der Waals surface area contributed by atoms with Gasteiger partial charge in [0, 0.05) is 0 Å². The molecule has 7 N–H and O–H groups in total. The molecule has 1 aliphatic heterocycles. The SMILES string of the molecule is O=C[C@H](O)[C@@H](O[C@@H]1O[C@H](CO)[C@H](O)[C@H](O)[C@H]1O)[C@@H](O)CO. The largest absolute Gasteiger partial charge is 0.394 e. The summed E-state index contributed by atoms with van der Waals surface area (Å²) in [5, 5.41) is 65.6. The third-order valence-corrected chi connectivity index (χ3v) is 3.18. The number of carbonyl (C=O) groups is 1. The second-order valence-corrected chi connectivity index (χ2v) is 4.67. The monoisotopic (exact) mass is 312 g/mol. The van der Waals surface area contributed by atoms with Gasteiger partial charge in [-0.3, -0.25) is 0 Å². The Kier molecular flexibility index (Phi) is 7.06. The van der Waals surface area contributed by atoms with Crippen LogP contribution in [0.3, 0.4) is 0 Å². The Morgan fingerprint density at radius 3 is 2.19 bits per heavy atom. The number of ether oxygens (including phenoxy) is 2. The van der Waals surface area contributed by atoms with Crippen LogP contribution in [0.25, 0.3) is 0 Å². The first kappa shape index (κ1) is 18.4. The lowest BCUT2D eigenvalue weighted by Gasteiger charge is -2.41. The summed E-state index contributed by atoms with van der Waals surface area (Å²) in [6, 6.07) is 0. The Bertz CT molecular complexity index is 324. The predicted molar refractivity (Wildman–Crippen MR) is 63.8 cm³/mol. The molecule has 0 unspecified atom stereocenters. The van der Waals surface area contributed by atoms with Gasteiger partial charge in [-0.25, -0.2) is 0 Å². The van der Waals surface area contributed by atoms with Crippen molar-refractivity contribution in [2.75, 3.05) is 13.2 Å². The molecule has 0 aromatic carbocycles. The van der Waals surface area contributed by atoms with Crippen LogP contribution >= 0.6 is 0 Å². The third kappa shape index (κ3) is 4.16. The van der Waals surface area contributed by atoms with Crippen LogP contribution in [0.4, 0.5) is 0 Å². The van der Waals surface area contributed by atoms with Crippen molar-refractivity contribution in [1.82, 2.24) is 0 Å². The standard InChI is InChI=1S/C11H20O10/c12-1-4(15)10(5(16)2-13)21-11-9(19)8(18)7(17)6(3-14)20-11/h1,4-11,13-19H,2-3H2/t4-,5-,6+,7-,8-,9+,10+,11-/m0/s1. The van der Waals surface area contributed by atoms with Gasteiger partial charge in [0.1, 0.15) is 42.7 Å². The van der Waals surface area contributed by atoms with E-state index in [2.05, 4.69) is 0 Å². The minimum absolute atomic E-state index is 0.0492. The van der Waals surface area contributed by atoms with E-state index in [4.69, 9.17) is 19.7 Å². The summed E-state index contributed by atoms with van der Waals surface area (Å²) in [4.78, 5) is 10.6. The Hall–Kier alpha value is -0.690. The number of rotatable bonds is 7. The molecule has 1 fully saturated rings. The number of carbonyl (C=O) groups excluding carboxylic acids is 1. The van der Waals surface area contributed by atoms with Crippen molar-refractivity contribution in [3.63, 3.8) is 0 Å². The smallest absolute Gasteiger partial charge is 0.187 e. The lowest BCUT2D eigenvalue weighted by Crippen LogP contribution is -2.61. The van der Waals surface area contributed by atoms with Gasteiger partial charge in [-0.05, 0) is 0 Å². The maximum Gasteiger partial charge on any atom is 0.187 e. The maximum atomic E-state index is 10.6. The highest BCUT2D eigenvalue weighted by atomic mass is 16.7. The second-order valence-electron chi connectivity index (χ2n) is 4.67. The van der Waals surface area contributed by atoms with E-state index in [1.54, 1.807) is 0 Å². The van der Waals surface area contributed by atoms with Gasteiger partial charge in [0.15, 0.2) is 12.6 Å². The Morgan fingerprint density at radius 2 is 1.71 bits per heavy atom. The van der Waals surface area contributed by atoms with Crippen LogP contribution in [0.2, 0.25) is 0 Å². The maximum absolute atomic E-state index is 10.6. The Morgan fingerprint density at radius 1 is 1.10 bits per heavy atom. The quantitative estimate of drug-likeness (QED) is 0.225. The Balaban J connectivity index is 2.83. The Labute approximate surface area is 119 Å². The highest BCUT2D eigenvalue weighted by Crippen LogP contribution is 2.24. The predicted octanol–water partition coefficient (Wildman–Crippen LogP) is -4.92. The van der Waals surface area contributed by atoms with Crippen LogP contribution in [-0.4, -0.2) is 104 Å². The van der Waals surface area contributed by atoms with Gasteiger partial charge in [0.05, 0.1) is 13.2 Å². The molecule has 0 spiro atoms. The molecule has 10 nitrogen and oxygen atoms in total. The number of hydrogen-bond donors (Lipinski definition) is 7. The van der Waals surface area contributed by atoms with Crippen molar-refractivity contribution < 1.29 is 50.0 Å². The number of hydrogen-bond acceptors (Lipinski definition) is 10. The van der Waals surface area contributed by atoms with Crippen LogP contribution in [0.5, 0.6) is 0 Å². The van der Waals surface area contributed by atoms with E-state index in [1.807, 2.05) is 0 Å². The number of aliphatic hydroxyl groups excluding tert-OH is 7. The van der Waals surface area contributed by atoms with E-state index < -0.39 is 62.2 Å². The van der Waals surface area contributed by atoms with Gasteiger partial charge in [0.25, 0.3) is 0 Å². The van der Waals surface area contributed by atoms with Gasteiger partial charge in [-0.2, -0.15) is 0 Å². The molecule has 1 rings (SSSR count). The molecule has 0 aromatic rings. The number of aldehydes is 1. The van der Waals surface area contributed by atoms with Crippen molar-refractivity contribution in [3.05, 3.63) is 0 Å². The van der Waals surface area contributed by atoms with Crippen molar-refractivity contribution >= 4 is 6.29 Å². The van der Waals surface area contributed by atoms with E-state index >= 15 is 0 Å². The van der Waals surface area contributed by atoms with Crippen LogP contribution in [-0.2, 0) is 14.3 Å². The van der Waals surface area contributed by atoms with Crippen LogP contribution in [0.1, 0.15) is 0 Å². The first-order valence-electron chi connectivity index (χ1n) is 6.25. The second kappa shape index (κ2) is 8.08. The molecule has 1 aliphatic rings. The van der Waals surface area contributed by atoms with Crippen LogP contribution < -0.4 is 0 Å². The molecule has 8 atom stereocenters. The van der Waals surface area contributed by atoms with Gasteiger partial charge in [-0.15, -0.1) is 0 Å². The molecule has 124 valence electrons. The molecular weight excluding hydrogens is 292 g/mol. The zero-order chi connectivity index (χ0) is 16.2. The zero-order valence-electron chi connectivity index (χ0n) is 11.0. The van der Waals surface area contributed by atoms with Crippen LogP contribution in [0, 0.1) is 0 Å². The van der Waals surface area contributed by atoms with E-state index in [-0.39, 0.29) is 6.29 Å². The van der Waals surface area contributed by atoms with Crippen molar-refractivity contribution in [3.8, 4) is 0 Å². The van der Waals surface area contributed by atoms with Gasteiger partial charge >= 0.3 is 0 Å². The fourth-order valence-electron chi connectivity index (χ4n) is 1.91. The summed E-state index contributed by atoms with van der Waals surface area (Å²) in [7, 11) is 0. The lowest BCUT2D eigenvalue weighted by molar-refractivity contribution is -0.322. The molecule has 0 aromatic heterocycles. The summed E-state index contributed by atoms with van der Waals surface area (Å²) in [5.74, 6) is 0. The van der Waals surface area contributed by atoms with Crippen molar-refractivity contribution in [1.29, 1.82) is 0 Å². The van der Waals surface area contributed by atoms with E-state index in [0.29, 0.717) is 0 Å². The molecule has 0 bridgehead atoms. The first-order chi connectivity index (χ1) is 9.87. The summed E-state index contributed by atoms with van der Waals surface area (Å²) in [5.41, 5.74) is 0. The summed E-state index contributed by atoms with van der Waals surface area (Å²) < 4.78 is 10.0. The van der Waals surface area contributed by atoms with E-state index in [1.165, 1.54) is 0 Å². The molecule has 0 radical (unpaired) electrons. The molecule has 0 saturated carbocycles. The first-order valence-corrected chi connectivity index (χ1v) is 6.25. The third-order valence-electron chi connectivity index (χ3n) is 3.18. The zero-order valence-corrected chi connectivity index (χ0v) is 11.0. The highest BCUT2D eigenvalue weighted by molar-refractivity contribution is 5.56. The molecule has 1 heterocycles. The fourth-order valence-corrected chi connectivity index (χ4v) is 1.91. The van der Waals surface area contributed by atoms with Gasteiger partial charge < -0.3 is 50.0 Å². The summed E-state index contributed by atoms with van der Waals surface area (Å²) >= 11 is 0. The molecule has 0 amide bonds. The fraction of sp³-hybridized carbons (Fsp3) is 0.909. The minimum Gasteiger partial charge on any atom is -0.394 e. The van der Waals surface area contributed by atoms with Crippen LogP contribution in [0.15, 0.2) is 0 Å². The topological polar surface area (TPSA) is 177 Å². The van der Waals surface area contributed by atoms with E-state index in [9.17, 15) is 30.3 Å². The molecule has 10 heteroatoms. The van der Waals surface area contributed by atoms with Crippen molar-refractivity contribution in [2.24, 2.45) is 0 Å². The molecular formula is C11H20O10.